The number of hydrogen-bond acceptors (Lipinski definition) is 2. The average Bonchev–Trinajstić information content (AvgIpc) is 2.68. The van der Waals surface area contributed by atoms with Gasteiger partial charge in [0, 0.05) is 20.7 Å². The van der Waals surface area contributed by atoms with Crippen molar-refractivity contribution in [2.24, 2.45) is 0 Å². The number of aromatic nitrogens is 2. The van der Waals surface area contributed by atoms with Gasteiger partial charge in [-0.25, -0.2) is 4.98 Å². The van der Waals surface area contributed by atoms with Crippen LogP contribution in [-0.2, 0) is 0 Å². The SMILES string of the molecule is Cc1ccc(-c2nc3c(C)cc(Br)cn3c2N)c(Br)c1. The number of aryl methyl sites for hydroxylation is 2. The summed E-state index contributed by atoms with van der Waals surface area (Å²) in [7, 11) is 0. The second-order valence-corrected chi connectivity index (χ2v) is 6.63. The number of hydrogen-bond donors (Lipinski definition) is 1. The van der Waals surface area contributed by atoms with Crippen molar-refractivity contribution >= 4 is 43.3 Å². The Hall–Kier alpha value is -1.33. The van der Waals surface area contributed by atoms with E-state index in [1.54, 1.807) is 0 Å². The Balaban J connectivity index is 2.32. The number of nitrogen functional groups attached to an aromatic ring is 1. The number of pyridine rings is 1. The summed E-state index contributed by atoms with van der Waals surface area (Å²) in [5.41, 5.74) is 11.2. The summed E-state index contributed by atoms with van der Waals surface area (Å²) in [6, 6.07) is 8.21. The number of nitrogens with two attached hydrogens (primary N) is 1. The van der Waals surface area contributed by atoms with Crippen molar-refractivity contribution in [3.8, 4) is 11.3 Å². The lowest BCUT2D eigenvalue weighted by atomic mass is 10.1. The minimum Gasteiger partial charge on any atom is -0.383 e. The fraction of sp³-hybridized carbons (Fsp3) is 0.133. The maximum Gasteiger partial charge on any atom is 0.142 e. The summed E-state index contributed by atoms with van der Waals surface area (Å²) in [4.78, 5) is 4.70. The molecule has 0 amide bonds. The first-order valence-electron chi connectivity index (χ1n) is 6.17. The molecule has 0 fully saturated rings. The third kappa shape index (κ3) is 2.15. The van der Waals surface area contributed by atoms with E-state index >= 15 is 0 Å². The molecule has 3 aromatic rings. The summed E-state index contributed by atoms with van der Waals surface area (Å²) in [5, 5.41) is 0. The monoisotopic (exact) mass is 393 g/mol. The molecule has 0 spiro atoms. The van der Waals surface area contributed by atoms with Crippen molar-refractivity contribution in [2.45, 2.75) is 13.8 Å². The molecular weight excluding hydrogens is 382 g/mol. The van der Waals surface area contributed by atoms with Crippen molar-refractivity contribution < 1.29 is 0 Å². The molecule has 0 radical (unpaired) electrons. The third-order valence-corrected chi connectivity index (χ3v) is 4.38. The molecule has 20 heavy (non-hydrogen) atoms. The molecule has 0 unspecified atom stereocenters. The minimum absolute atomic E-state index is 0.647. The number of anilines is 1. The van der Waals surface area contributed by atoms with Gasteiger partial charge in [0.25, 0.3) is 0 Å². The standard InChI is InChI=1S/C15H13Br2N3/c1-8-3-4-11(12(17)5-8)13-14(18)20-7-10(16)6-9(2)15(20)19-13/h3-7H,18H2,1-2H3. The van der Waals surface area contributed by atoms with E-state index in [0.29, 0.717) is 5.82 Å². The molecule has 0 aliphatic carbocycles. The predicted molar refractivity (Wildman–Crippen MR) is 89.9 cm³/mol. The molecule has 0 atom stereocenters. The number of fused-ring (bicyclic) bond motifs is 1. The van der Waals surface area contributed by atoms with E-state index in [-0.39, 0.29) is 0 Å². The van der Waals surface area contributed by atoms with E-state index in [0.717, 1.165) is 31.4 Å². The number of rotatable bonds is 1. The smallest absolute Gasteiger partial charge is 0.142 e. The molecule has 0 aliphatic heterocycles. The van der Waals surface area contributed by atoms with Gasteiger partial charge in [0.15, 0.2) is 0 Å². The van der Waals surface area contributed by atoms with Crippen LogP contribution < -0.4 is 5.73 Å². The summed E-state index contributed by atoms with van der Waals surface area (Å²) >= 11 is 7.09. The fourth-order valence-corrected chi connectivity index (χ4v) is 3.53. The molecular formula is C15H13Br2N3. The molecule has 0 saturated heterocycles. The molecule has 102 valence electrons. The van der Waals surface area contributed by atoms with Crippen molar-refractivity contribution in [3.05, 3.63) is 50.5 Å². The lowest BCUT2D eigenvalue weighted by Crippen LogP contribution is -1.95. The number of nitrogens with zero attached hydrogens (tertiary/aromatic N) is 2. The summed E-state index contributed by atoms with van der Waals surface area (Å²) in [5.74, 6) is 0.647. The molecule has 0 aliphatic rings. The summed E-state index contributed by atoms with van der Waals surface area (Å²) < 4.78 is 3.91. The molecule has 1 aromatic carbocycles. The number of benzene rings is 1. The molecule has 2 heterocycles. The van der Waals surface area contributed by atoms with Gasteiger partial charge in [0.2, 0.25) is 0 Å². The Morgan fingerprint density at radius 2 is 1.90 bits per heavy atom. The molecule has 2 aromatic heterocycles. The van der Waals surface area contributed by atoms with Gasteiger partial charge in [-0.3, -0.25) is 4.40 Å². The third-order valence-electron chi connectivity index (χ3n) is 3.29. The first kappa shape index (κ1) is 13.6. The van der Waals surface area contributed by atoms with Crippen molar-refractivity contribution in [1.82, 2.24) is 9.38 Å². The highest BCUT2D eigenvalue weighted by Crippen LogP contribution is 2.34. The van der Waals surface area contributed by atoms with Crippen LogP contribution in [0.2, 0.25) is 0 Å². The molecule has 3 rings (SSSR count). The molecule has 3 nitrogen and oxygen atoms in total. The Bertz CT molecular complexity index is 822. The number of imidazole rings is 1. The van der Waals surface area contributed by atoms with Gasteiger partial charge >= 0.3 is 0 Å². The van der Waals surface area contributed by atoms with Crippen LogP contribution in [-0.4, -0.2) is 9.38 Å². The maximum atomic E-state index is 6.27. The van der Waals surface area contributed by atoms with Gasteiger partial charge in [-0.15, -0.1) is 0 Å². The zero-order chi connectivity index (χ0) is 14.4. The first-order valence-corrected chi connectivity index (χ1v) is 7.76. The highest BCUT2D eigenvalue weighted by atomic mass is 79.9. The van der Waals surface area contributed by atoms with Gasteiger partial charge < -0.3 is 5.73 Å². The van der Waals surface area contributed by atoms with E-state index in [2.05, 4.69) is 50.9 Å². The van der Waals surface area contributed by atoms with Crippen molar-refractivity contribution in [2.75, 3.05) is 5.73 Å². The molecule has 0 saturated carbocycles. The van der Waals surface area contributed by atoms with E-state index < -0.39 is 0 Å². The number of halogens is 2. The highest BCUT2D eigenvalue weighted by molar-refractivity contribution is 9.10. The Morgan fingerprint density at radius 1 is 1.15 bits per heavy atom. The first-order chi connectivity index (χ1) is 9.47. The lowest BCUT2D eigenvalue weighted by Gasteiger charge is -2.04. The molecule has 2 N–H and O–H groups in total. The van der Waals surface area contributed by atoms with Gasteiger partial charge in [0.05, 0.1) is 0 Å². The van der Waals surface area contributed by atoms with Crippen molar-refractivity contribution in [3.63, 3.8) is 0 Å². The van der Waals surface area contributed by atoms with Crippen molar-refractivity contribution in [1.29, 1.82) is 0 Å². The van der Waals surface area contributed by atoms with Crippen LogP contribution in [0.4, 0.5) is 5.82 Å². The highest BCUT2D eigenvalue weighted by Gasteiger charge is 2.15. The maximum absolute atomic E-state index is 6.27. The van der Waals surface area contributed by atoms with E-state index in [4.69, 9.17) is 10.7 Å². The second kappa shape index (κ2) is 4.90. The van der Waals surface area contributed by atoms with E-state index in [1.807, 2.05) is 29.7 Å². The molecule has 5 heteroatoms. The van der Waals surface area contributed by atoms with Crippen LogP contribution in [0.5, 0.6) is 0 Å². The largest absolute Gasteiger partial charge is 0.383 e. The Morgan fingerprint density at radius 3 is 2.60 bits per heavy atom. The van der Waals surface area contributed by atoms with Gasteiger partial charge in [-0.2, -0.15) is 0 Å². The van der Waals surface area contributed by atoms with Crippen LogP contribution in [0.3, 0.4) is 0 Å². The van der Waals surface area contributed by atoms with Gasteiger partial charge in [-0.1, -0.05) is 28.1 Å². The Labute approximate surface area is 134 Å². The zero-order valence-corrected chi connectivity index (χ0v) is 14.3. The molecule has 0 bridgehead atoms. The summed E-state index contributed by atoms with van der Waals surface area (Å²) in [6.07, 6.45) is 1.94. The van der Waals surface area contributed by atoms with Crippen LogP contribution in [0, 0.1) is 13.8 Å². The Kier molecular flexibility index (Phi) is 3.34. The second-order valence-electron chi connectivity index (χ2n) is 4.86. The van der Waals surface area contributed by atoms with Gasteiger partial charge in [0.1, 0.15) is 17.2 Å². The fourth-order valence-electron chi connectivity index (χ4n) is 2.30. The van der Waals surface area contributed by atoms with E-state index in [9.17, 15) is 0 Å². The quantitative estimate of drug-likeness (QED) is 0.648. The minimum atomic E-state index is 0.647. The van der Waals surface area contributed by atoms with Crippen LogP contribution in [0.15, 0.2) is 39.4 Å². The predicted octanol–water partition coefficient (Wildman–Crippen LogP) is 4.73. The van der Waals surface area contributed by atoms with Crippen LogP contribution >= 0.6 is 31.9 Å². The topological polar surface area (TPSA) is 43.3 Å². The lowest BCUT2D eigenvalue weighted by molar-refractivity contribution is 1.16. The van der Waals surface area contributed by atoms with Crippen LogP contribution in [0.1, 0.15) is 11.1 Å². The average molecular weight is 395 g/mol. The zero-order valence-electron chi connectivity index (χ0n) is 11.1. The van der Waals surface area contributed by atoms with Gasteiger partial charge in [-0.05, 0) is 53.0 Å². The van der Waals surface area contributed by atoms with Crippen LogP contribution in [0.25, 0.3) is 16.9 Å². The normalized spacial score (nSPS) is 11.2. The van der Waals surface area contributed by atoms with E-state index in [1.165, 1.54) is 5.56 Å². The summed E-state index contributed by atoms with van der Waals surface area (Å²) in [6.45, 7) is 4.09.